The minimum atomic E-state index is -3.15. The number of hydrogen-bond acceptors (Lipinski definition) is 3. The summed E-state index contributed by atoms with van der Waals surface area (Å²) in [5, 5.41) is 1.55. The molecule has 1 unspecified atom stereocenters. The van der Waals surface area contributed by atoms with Gasteiger partial charge >= 0.3 is 0 Å². The van der Waals surface area contributed by atoms with Gasteiger partial charge in [0.15, 0.2) is 0 Å². The van der Waals surface area contributed by atoms with Crippen LogP contribution in [-0.2, 0) is 10.0 Å². The highest BCUT2D eigenvalue weighted by Gasteiger charge is 2.23. The molecule has 0 aromatic heterocycles. The maximum atomic E-state index is 11.8. The second-order valence-corrected chi connectivity index (χ2v) is 6.36. The molecule has 15 heavy (non-hydrogen) atoms. The smallest absolute Gasteiger partial charge is 0.227 e. The zero-order valence-electron chi connectivity index (χ0n) is 9.70. The Balaban J connectivity index is 2.47. The quantitative estimate of drug-likeness (QED) is 0.784. The molecule has 0 radical (unpaired) electrons. The second kappa shape index (κ2) is 5.82. The third-order valence-electron chi connectivity index (χ3n) is 2.84. The Morgan fingerprint density at radius 2 is 1.87 bits per heavy atom. The molecule has 1 N–H and O–H groups in total. The molecule has 0 aromatic carbocycles. The Labute approximate surface area is 93.1 Å². The van der Waals surface area contributed by atoms with E-state index < -0.39 is 10.0 Å². The Morgan fingerprint density at radius 3 is 2.40 bits per heavy atom. The largest absolute Gasteiger partial charge is 0.231 e. The van der Waals surface area contributed by atoms with Crippen molar-refractivity contribution in [3.05, 3.63) is 0 Å². The van der Waals surface area contributed by atoms with Crippen molar-refractivity contribution in [1.82, 2.24) is 9.84 Å². The molecule has 4 nitrogen and oxygen atoms in total. The molecule has 1 atom stereocenters. The van der Waals surface area contributed by atoms with Crippen LogP contribution in [0.4, 0.5) is 0 Å². The average Bonchev–Trinajstić information content (AvgIpc) is 2.19. The summed E-state index contributed by atoms with van der Waals surface area (Å²) >= 11 is 0. The number of sulfonamides is 1. The molecule has 1 fully saturated rings. The van der Waals surface area contributed by atoms with Gasteiger partial charge < -0.3 is 0 Å². The summed E-state index contributed by atoms with van der Waals surface area (Å²) in [4.78, 5) is 2.69. The van der Waals surface area contributed by atoms with Crippen LogP contribution in [0.15, 0.2) is 0 Å². The van der Waals surface area contributed by atoms with E-state index in [1.54, 1.807) is 6.92 Å². The van der Waals surface area contributed by atoms with Crippen molar-refractivity contribution in [2.75, 3.05) is 13.1 Å². The predicted molar refractivity (Wildman–Crippen MR) is 61.8 cm³/mol. The zero-order chi connectivity index (χ0) is 11.3. The van der Waals surface area contributed by atoms with Crippen molar-refractivity contribution in [3.63, 3.8) is 0 Å². The maximum absolute atomic E-state index is 11.8. The first-order chi connectivity index (χ1) is 7.06. The molecule has 1 saturated heterocycles. The predicted octanol–water partition coefficient (Wildman–Crippen LogP) is 1.50. The van der Waals surface area contributed by atoms with E-state index in [4.69, 9.17) is 0 Å². The number of hydrogen-bond donors (Lipinski definition) is 1. The molecule has 90 valence electrons. The zero-order valence-corrected chi connectivity index (χ0v) is 10.5. The summed E-state index contributed by atoms with van der Waals surface area (Å²) < 4.78 is 23.7. The monoisotopic (exact) mass is 234 g/mol. The van der Waals surface area contributed by atoms with E-state index in [0.717, 1.165) is 38.8 Å². The van der Waals surface area contributed by atoms with Gasteiger partial charge in [0.1, 0.15) is 0 Å². The average molecular weight is 234 g/mol. The molecule has 0 aliphatic carbocycles. The highest BCUT2D eigenvalue weighted by Crippen LogP contribution is 2.10. The number of rotatable bonds is 5. The lowest BCUT2D eigenvalue weighted by molar-refractivity contribution is 0.199. The molecule has 0 saturated carbocycles. The van der Waals surface area contributed by atoms with Crippen LogP contribution < -0.4 is 4.83 Å². The van der Waals surface area contributed by atoms with Crippen molar-refractivity contribution in [2.24, 2.45) is 0 Å². The number of nitrogens with zero attached hydrogens (tertiary/aromatic N) is 1. The van der Waals surface area contributed by atoms with Gasteiger partial charge in [-0.15, -0.1) is 4.83 Å². The minimum Gasteiger partial charge on any atom is -0.231 e. The summed E-state index contributed by atoms with van der Waals surface area (Å²) in [6.45, 7) is 5.47. The highest BCUT2D eigenvalue weighted by molar-refractivity contribution is 7.90. The van der Waals surface area contributed by atoms with E-state index in [1.807, 2.05) is 11.9 Å². The van der Waals surface area contributed by atoms with Crippen molar-refractivity contribution in [1.29, 1.82) is 0 Å². The Morgan fingerprint density at radius 1 is 1.27 bits per heavy atom. The van der Waals surface area contributed by atoms with Gasteiger partial charge in [0.2, 0.25) is 10.0 Å². The number of piperidine rings is 1. The normalized spacial score (nSPS) is 21.5. The Hall–Kier alpha value is -0.130. The molecule has 0 aromatic rings. The van der Waals surface area contributed by atoms with E-state index in [9.17, 15) is 8.42 Å². The summed E-state index contributed by atoms with van der Waals surface area (Å²) in [6.07, 6.45) is 5.02. The molecular weight excluding hydrogens is 212 g/mol. The summed E-state index contributed by atoms with van der Waals surface area (Å²) in [6, 6.07) is 0. The molecule has 1 aliphatic rings. The van der Waals surface area contributed by atoms with Crippen LogP contribution in [0.3, 0.4) is 0 Å². The van der Waals surface area contributed by atoms with Crippen molar-refractivity contribution in [2.45, 2.75) is 51.2 Å². The summed E-state index contributed by atoms with van der Waals surface area (Å²) in [5.41, 5.74) is 0. The molecule has 1 aliphatic heterocycles. The summed E-state index contributed by atoms with van der Waals surface area (Å²) in [5.74, 6) is 0. The van der Waals surface area contributed by atoms with Gasteiger partial charge in [-0.2, -0.15) is 0 Å². The van der Waals surface area contributed by atoms with E-state index in [2.05, 4.69) is 4.83 Å². The van der Waals surface area contributed by atoms with Gasteiger partial charge in [-0.25, -0.2) is 13.4 Å². The topological polar surface area (TPSA) is 49.4 Å². The van der Waals surface area contributed by atoms with Gasteiger partial charge in [0.25, 0.3) is 0 Å². The van der Waals surface area contributed by atoms with Gasteiger partial charge in [-0.1, -0.05) is 19.8 Å². The second-order valence-electron chi connectivity index (χ2n) is 4.28. The Kier molecular flexibility index (Phi) is 5.02. The molecule has 1 heterocycles. The number of nitrogens with one attached hydrogen (secondary N) is 1. The van der Waals surface area contributed by atoms with E-state index in [-0.39, 0.29) is 5.25 Å². The van der Waals surface area contributed by atoms with E-state index in [0.29, 0.717) is 0 Å². The first-order valence-corrected chi connectivity index (χ1v) is 7.37. The van der Waals surface area contributed by atoms with Gasteiger partial charge in [-0.05, 0) is 26.2 Å². The molecular formula is C10H22N2O2S. The van der Waals surface area contributed by atoms with Crippen LogP contribution in [0.5, 0.6) is 0 Å². The van der Waals surface area contributed by atoms with Gasteiger partial charge in [0, 0.05) is 13.1 Å². The van der Waals surface area contributed by atoms with Crippen LogP contribution >= 0.6 is 0 Å². The van der Waals surface area contributed by atoms with E-state index >= 15 is 0 Å². The molecule has 0 amide bonds. The third-order valence-corrected chi connectivity index (χ3v) is 4.65. The van der Waals surface area contributed by atoms with Crippen LogP contribution in [-0.4, -0.2) is 31.8 Å². The van der Waals surface area contributed by atoms with Crippen molar-refractivity contribution < 1.29 is 8.42 Å². The summed E-state index contributed by atoms with van der Waals surface area (Å²) in [7, 11) is -3.15. The third kappa shape index (κ3) is 4.09. The molecule has 1 rings (SSSR count). The Bertz CT molecular complexity index is 271. The molecule has 0 spiro atoms. The van der Waals surface area contributed by atoms with Crippen LogP contribution in [0.1, 0.15) is 46.0 Å². The molecule has 5 heteroatoms. The lowest BCUT2D eigenvalue weighted by Crippen LogP contribution is -2.47. The van der Waals surface area contributed by atoms with Crippen LogP contribution in [0, 0.1) is 0 Å². The van der Waals surface area contributed by atoms with Gasteiger partial charge in [-0.3, -0.25) is 0 Å². The molecule has 0 bridgehead atoms. The fourth-order valence-corrected chi connectivity index (χ4v) is 3.09. The highest BCUT2D eigenvalue weighted by atomic mass is 32.2. The first-order valence-electron chi connectivity index (χ1n) is 5.82. The fourth-order valence-electron chi connectivity index (χ4n) is 1.82. The number of hydrazine groups is 1. The minimum absolute atomic E-state index is 0.288. The maximum Gasteiger partial charge on any atom is 0.227 e. The lowest BCUT2D eigenvalue weighted by atomic mass is 10.2. The SMILES string of the molecule is CCCC(C)S(=O)(=O)NN1CCCCC1. The van der Waals surface area contributed by atoms with Crippen molar-refractivity contribution >= 4 is 10.0 Å². The van der Waals surface area contributed by atoms with Crippen molar-refractivity contribution in [3.8, 4) is 0 Å². The fraction of sp³-hybridized carbons (Fsp3) is 1.00. The van der Waals surface area contributed by atoms with Crippen LogP contribution in [0.2, 0.25) is 0 Å². The van der Waals surface area contributed by atoms with Gasteiger partial charge in [0.05, 0.1) is 5.25 Å². The standard InChI is InChI=1S/C10H22N2O2S/c1-3-7-10(2)15(13,14)11-12-8-5-4-6-9-12/h10-11H,3-9H2,1-2H3. The first kappa shape index (κ1) is 12.9. The lowest BCUT2D eigenvalue weighted by Gasteiger charge is -2.28. The van der Waals surface area contributed by atoms with Crippen LogP contribution in [0.25, 0.3) is 0 Å². The van der Waals surface area contributed by atoms with E-state index in [1.165, 1.54) is 6.42 Å².